The predicted molar refractivity (Wildman–Crippen MR) is 87.6 cm³/mol. The Bertz CT molecular complexity index is 636. The van der Waals surface area contributed by atoms with Crippen molar-refractivity contribution in [3.05, 3.63) is 27.7 Å². The highest BCUT2D eigenvalue weighted by molar-refractivity contribution is 9.10. The molecule has 1 saturated heterocycles. The molecule has 1 aromatic carbocycles. The molecule has 0 saturated carbocycles. The molecule has 1 fully saturated rings. The molecule has 4 nitrogen and oxygen atoms in total. The molecule has 1 atom stereocenters. The summed E-state index contributed by atoms with van der Waals surface area (Å²) in [7, 11) is -3.68. The fourth-order valence-electron chi connectivity index (χ4n) is 2.33. The summed E-state index contributed by atoms with van der Waals surface area (Å²) >= 11 is 15.2. The van der Waals surface area contributed by atoms with E-state index < -0.39 is 15.6 Å². The summed E-state index contributed by atoms with van der Waals surface area (Å²) in [6.45, 7) is 4.17. The fourth-order valence-corrected chi connectivity index (χ4v) is 5.12. The van der Waals surface area contributed by atoms with Crippen molar-refractivity contribution < 1.29 is 13.2 Å². The first-order chi connectivity index (χ1) is 9.65. The highest BCUT2D eigenvalue weighted by Gasteiger charge is 2.39. The molecule has 21 heavy (non-hydrogen) atoms. The van der Waals surface area contributed by atoms with Crippen molar-refractivity contribution in [3.8, 4) is 0 Å². The van der Waals surface area contributed by atoms with E-state index >= 15 is 0 Å². The lowest BCUT2D eigenvalue weighted by atomic mass is 10.1. The van der Waals surface area contributed by atoms with E-state index in [1.807, 2.05) is 13.8 Å². The lowest BCUT2D eigenvalue weighted by Gasteiger charge is -2.41. The molecule has 0 N–H and O–H groups in total. The van der Waals surface area contributed by atoms with Crippen molar-refractivity contribution in [3.63, 3.8) is 0 Å². The van der Waals surface area contributed by atoms with Crippen LogP contribution < -0.4 is 0 Å². The maximum atomic E-state index is 12.8. The van der Waals surface area contributed by atoms with Crippen molar-refractivity contribution >= 4 is 49.2 Å². The van der Waals surface area contributed by atoms with Gasteiger partial charge in [-0.2, -0.15) is 4.31 Å². The van der Waals surface area contributed by atoms with Crippen LogP contribution in [0.2, 0.25) is 5.02 Å². The highest BCUT2D eigenvalue weighted by atomic mass is 79.9. The molecule has 0 aliphatic carbocycles. The molecule has 0 aromatic heterocycles. The van der Waals surface area contributed by atoms with Crippen LogP contribution in [0.25, 0.3) is 0 Å². The summed E-state index contributed by atoms with van der Waals surface area (Å²) in [6.07, 6.45) is -0.334. The van der Waals surface area contributed by atoms with Gasteiger partial charge in [-0.3, -0.25) is 0 Å². The molecular weight excluding hydrogens is 401 g/mol. The van der Waals surface area contributed by atoms with Crippen LogP contribution in [-0.4, -0.2) is 43.4 Å². The Labute approximate surface area is 143 Å². The summed E-state index contributed by atoms with van der Waals surface area (Å²) in [5.41, 5.74) is -0.591. The van der Waals surface area contributed by atoms with E-state index in [4.69, 9.17) is 27.9 Å². The molecule has 8 heteroatoms. The maximum absolute atomic E-state index is 12.8. The summed E-state index contributed by atoms with van der Waals surface area (Å²) in [4.78, 5) is 0.0957. The first kappa shape index (κ1) is 17.5. The Hall–Kier alpha value is 0.150. The third kappa shape index (κ3) is 3.92. The van der Waals surface area contributed by atoms with Crippen LogP contribution in [0, 0.1) is 0 Å². The number of hydrogen-bond donors (Lipinski definition) is 0. The number of ether oxygens (including phenoxy) is 1. The largest absolute Gasteiger partial charge is 0.368 e. The minimum absolute atomic E-state index is 0.0957. The molecule has 0 radical (unpaired) electrons. The maximum Gasteiger partial charge on any atom is 0.244 e. The average Bonchev–Trinajstić information content (AvgIpc) is 2.36. The predicted octanol–water partition coefficient (Wildman–Crippen LogP) is 3.51. The number of sulfonamides is 1. The van der Waals surface area contributed by atoms with E-state index in [1.165, 1.54) is 10.4 Å². The molecule has 0 bridgehead atoms. The number of morpholine rings is 1. The van der Waals surface area contributed by atoms with E-state index in [1.54, 1.807) is 12.1 Å². The van der Waals surface area contributed by atoms with Crippen molar-refractivity contribution in [1.29, 1.82) is 0 Å². The van der Waals surface area contributed by atoms with E-state index in [2.05, 4.69) is 15.9 Å². The first-order valence-electron chi connectivity index (χ1n) is 6.35. The van der Waals surface area contributed by atoms with Crippen LogP contribution in [0.4, 0.5) is 0 Å². The number of alkyl halides is 1. The molecule has 1 heterocycles. The highest BCUT2D eigenvalue weighted by Crippen LogP contribution is 2.31. The van der Waals surface area contributed by atoms with Gasteiger partial charge in [0.25, 0.3) is 0 Å². The summed E-state index contributed by atoms with van der Waals surface area (Å²) in [5, 5.41) is 0.191. The van der Waals surface area contributed by atoms with Gasteiger partial charge in [0.15, 0.2) is 0 Å². The normalized spacial score (nSPS) is 23.2. The van der Waals surface area contributed by atoms with E-state index in [0.29, 0.717) is 0 Å². The summed E-state index contributed by atoms with van der Waals surface area (Å²) < 4.78 is 33.5. The SMILES string of the molecule is CC1(C)CN(S(=O)(=O)c2ccc(Br)cc2Cl)CC(CCl)O1. The second kappa shape index (κ2) is 6.34. The van der Waals surface area contributed by atoms with Crippen LogP contribution in [0.3, 0.4) is 0 Å². The molecular formula is C13H16BrCl2NO3S. The van der Waals surface area contributed by atoms with Gasteiger partial charge < -0.3 is 4.74 Å². The molecule has 1 aromatic rings. The van der Waals surface area contributed by atoms with Gasteiger partial charge in [0.1, 0.15) is 4.90 Å². The second-order valence-electron chi connectivity index (χ2n) is 5.53. The second-order valence-corrected chi connectivity index (χ2v) is 9.06. The van der Waals surface area contributed by atoms with Gasteiger partial charge in [-0.05, 0) is 32.0 Å². The quantitative estimate of drug-likeness (QED) is 0.708. The zero-order valence-electron chi connectivity index (χ0n) is 11.6. The van der Waals surface area contributed by atoms with E-state index in [0.717, 1.165) is 4.47 Å². The van der Waals surface area contributed by atoms with Gasteiger partial charge in [-0.15, -0.1) is 11.6 Å². The standard InChI is InChI=1S/C13H16BrCl2NO3S/c1-13(2)8-17(7-10(6-15)20-13)21(18,19)12-4-3-9(14)5-11(12)16/h3-5,10H,6-8H2,1-2H3. The third-order valence-corrected chi connectivity index (χ3v) is 6.27. The Morgan fingerprint density at radius 1 is 1.48 bits per heavy atom. The zero-order valence-corrected chi connectivity index (χ0v) is 15.6. The van der Waals surface area contributed by atoms with Gasteiger partial charge in [-0.1, -0.05) is 27.5 Å². The molecule has 0 spiro atoms. The van der Waals surface area contributed by atoms with Gasteiger partial charge >= 0.3 is 0 Å². The van der Waals surface area contributed by atoms with Crippen molar-refractivity contribution in [1.82, 2.24) is 4.31 Å². The number of hydrogen-bond acceptors (Lipinski definition) is 3. The number of benzene rings is 1. The van der Waals surface area contributed by atoms with Crippen LogP contribution in [0.15, 0.2) is 27.6 Å². The lowest BCUT2D eigenvalue weighted by Crippen LogP contribution is -2.55. The van der Waals surface area contributed by atoms with Gasteiger partial charge in [0.2, 0.25) is 10.0 Å². The van der Waals surface area contributed by atoms with E-state index in [9.17, 15) is 8.42 Å². The Morgan fingerprint density at radius 3 is 2.71 bits per heavy atom. The fraction of sp³-hybridized carbons (Fsp3) is 0.538. The summed E-state index contributed by atoms with van der Waals surface area (Å²) in [5.74, 6) is 0.240. The molecule has 118 valence electrons. The van der Waals surface area contributed by atoms with E-state index in [-0.39, 0.29) is 35.0 Å². The smallest absolute Gasteiger partial charge is 0.244 e. The Morgan fingerprint density at radius 2 is 2.14 bits per heavy atom. The monoisotopic (exact) mass is 415 g/mol. The third-order valence-electron chi connectivity index (χ3n) is 3.13. The van der Waals surface area contributed by atoms with Crippen LogP contribution in [0.1, 0.15) is 13.8 Å². The first-order valence-corrected chi connectivity index (χ1v) is 9.49. The summed E-state index contributed by atoms with van der Waals surface area (Å²) in [6, 6.07) is 4.72. The topological polar surface area (TPSA) is 46.6 Å². The molecule has 1 unspecified atom stereocenters. The number of rotatable bonds is 3. The van der Waals surface area contributed by atoms with Crippen LogP contribution in [-0.2, 0) is 14.8 Å². The average molecular weight is 417 g/mol. The molecule has 2 rings (SSSR count). The van der Waals surface area contributed by atoms with Gasteiger partial charge in [0, 0.05) is 23.4 Å². The van der Waals surface area contributed by atoms with Crippen LogP contribution >= 0.6 is 39.1 Å². The van der Waals surface area contributed by atoms with Crippen LogP contribution in [0.5, 0.6) is 0 Å². The molecule has 0 amide bonds. The molecule has 1 aliphatic rings. The lowest BCUT2D eigenvalue weighted by molar-refractivity contribution is -0.107. The number of halogens is 3. The Kier molecular flexibility index (Phi) is 5.28. The Balaban J connectivity index is 2.38. The number of nitrogens with zero attached hydrogens (tertiary/aromatic N) is 1. The van der Waals surface area contributed by atoms with Gasteiger partial charge in [0.05, 0.1) is 16.7 Å². The van der Waals surface area contributed by atoms with Gasteiger partial charge in [-0.25, -0.2) is 8.42 Å². The minimum Gasteiger partial charge on any atom is -0.368 e. The minimum atomic E-state index is -3.68. The van der Waals surface area contributed by atoms with Crippen molar-refractivity contribution in [2.24, 2.45) is 0 Å². The van der Waals surface area contributed by atoms with Crippen molar-refractivity contribution in [2.75, 3.05) is 19.0 Å². The van der Waals surface area contributed by atoms with Crippen molar-refractivity contribution in [2.45, 2.75) is 30.4 Å². The zero-order chi connectivity index (χ0) is 15.8. The molecule has 1 aliphatic heterocycles.